The second-order valence-corrected chi connectivity index (χ2v) is 11.6. The summed E-state index contributed by atoms with van der Waals surface area (Å²) in [6.07, 6.45) is 7.97. The Morgan fingerprint density at radius 2 is 2.02 bits per heavy atom. The summed E-state index contributed by atoms with van der Waals surface area (Å²) in [7, 11) is 2.06. The first-order valence-electron chi connectivity index (χ1n) is 13.6. The fourth-order valence-electron chi connectivity index (χ4n) is 5.03. The van der Waals surface area contributed by atoms with Crippen LogP contribution in [0.2, 0.25) is 0 Å². The van der Waals surface area contributed by atoms with Gasteiger partial charge in [0, 0.05) is 41.2 Å². The number of hydrogen-bond acceptors (Lipinski definition) is 7. The molecule has 40 heavy (non-hydrogen) atoms. The van der Waals surface area contributed by atoms with Crippen molar-refractivity contribution < 1.29 is 4.79 Å². The Morgan fingerprint density at radius 1 is 1.18 bits per heavy atom. The summed E-state index contributed by atoms with van der Waals surface area (Å²) in [5.74, 6) is 0.862. The Labute approximate surface area is 238 Å². The number of rotatable bonds is 8. The summed E-state index contributed by atoms with van der Waals surface area (Å²) in [6, 6.07) is 17.1. The van der Waals surface area contributed by atoms with E-state index >= 15 is 0 Å². The first kappa shape index (κ1) is 26.2. The molecule has 0 saturated carbocycles. The van der Waals surface area contributed by atoms with E-state index in [0.717, 1.165) is 52.1 Å². The normalized spacial score (nSPS) is 13.7. The predicted octanol–water partition coefficient (Wildman–Crippen LogP) is 5.61. The smallest absolute Gasteiger partial charge is 0.246 e. The highest BCUT2D eigenvalue weighted by Gasteiger charge is 2.25. The number of nitrogens with zero attached hydrogens (tertiary/aromatic N) is 6. The minimum Gasteiger partial charge on any atom is -0.340 e. The standard InChI is InChI=1S/C31H33N7OS/c1-21(2)36(3)14-7-10-28(39)37-15-13-25-27(19-37)40-31-29(25)30(32-20-33-31)35-24-11-12-26-23(16-24)17-34-38(26)18-22-8-5-4-6-9-22/h4-12,16-17,20-21H,13-15,18-19H2,1-3H3,(H,32,33,35). The maximum Gasteiger partial charge on any atom is 0.246 e. The summed E-state index contributed by atoms with van der Waals surface area (Å²) < 4.78 is 2.03. The van der Waals surface area contributed by atoms with E-state index in [9.17, 15) is 4.79 Å². The van der Waals surface area contributed by atoms with Gasteiger partial charge in [-0.3, -0.25) is 9.48 Å². The van der Waals surface area contributed by atoms with Crippen LogP contribution in [0.1, 0.15) is 29.9 Å². The van der Waals surface area contributed by atoms with Gasteiger partial charge in [-0.25, -0.2) is 9.97 Å². The third-order valence-corrected chi connectivity index (χ3v) is 8.69. The van der Waals surface area contributed by atoms with Gasteiger partial charge in [0.05, 0.1) is 30.2 Å². The van der Waals surface area contributed by atoms with Gasteiger partial charge >= 0.3 is 0 Å². The summed E-state index contributed by atoms with van der Waals surface area (Å²) >= 11 is 1.65. The number of aromatic nitrogens is 4. The first-order valence-corrected chi connectivity index (χ1v) is 14.5. The van der Waals surface area contributed by atoms with Crippen LogP contribution in [0.4, 0.5) is 11.5 Å². The van der Waals surface area contributed by atoms with Crippen LogP contribution in [-0.4, -0.2) is 61.6 Å². The van der Waals surface area contributed by atoms with Crippen LogP contribution in [0.5, 0.6) is 0 Å². The molecule has 204 valence electrons. The number of thiophene rings is 1. The molecule has 0 fully saturated rings. The molecular formula is C31H33N7OS. The average molecular weight is 552 g/mol. The number of carbonyl (C=O) groups is 1. The van der Waals surface area contributed by atoms with Crippen LogP contribution >= 0.6 is 11.3 Å². The fraction of sp³-hybridized carbons (Fsp3) is 0.290. The number of fused-ring (bicyclic) bond motifs is 4. The molecule has 0 saturated heterocycles. The van der Waals surface area contributed by atoms with E-state index in [-0.39, 0.29) is 5.91 Å². The van der Waals surface area contributed by atoms with E-state index in [2.05, 4.69) is 88.6 Å². The van der Waals surface area contributed by atoms with Crippen molar-refractivity contribution in [2.45, 2.75) is 39.4 Å². The van der Waals surface area contributed by atoms with E-state index in [1.165, 1.54) is 16.0 Å². The summed E-state index contributed by atoms with van der Waals surface area (Å²) in [5.41, 5.74) is 4.50. The quantitative estimate of drug-likeness (QED) is 0.253. The van der Waals surface area contributed by atoms with Gasteiger partial charge in [0.2, 0.25) is 5.91 Å². The SMILES string of the molecule is CC(C)N(C)CC=CC(=O)N1CCc2c(sc3ncnc(Nc4ccc5c(cnn5Cc5ccccc5)c4)c23)C1. The monoisotopic (exact) mass is 551 g/mol. The number of anilines is 2. The molecule has 0 atom stereocenters. The van der Waals surface area contributed by atoms with Crippen LogP contribution in [0.15, 0.2) is 73.2 Å². The van der Waals surface area contributed by atoms with Gasteiger partial charge in [-0.05, 0) is 56.6 Å². The van der Waals surface area contributed by atoms with Crippen LogP contribution in [0.3, 0.4) is 0 Å². The highest BCUT2D eigenvalue weighted by Crippen LogP contribution is 2.38. The van der Waals surface area contributed by atoms with Crippen molar-refractivity contribution in [3.63, 3.8) is 0 Å². The van der Waals surface area contributed by atoms with Gasteiger partial charge in [0.1, 0.15) is 17.0 Å². The number of nitrogens with one attached hydrogen (secondary N) is 1. The van der Waals surface area contributed by atoms with Crippen molar-refractivity contribution in [3.8, 4) is 0 Å². The minimum absolute atomic E-state index is 0.0609. The molecule has 0 radical (unpaired) electrons. The molecular weight excluding hydrogens is 518 g/mol. The summed E-state index contributed by atoms with van der Waals surface area (Å²) in [5, 5.41) is 10.3. The molecule has 2 aromatic carbocycles. The van der Waals surface area contributed by atoms with Gasteiger partial charge in [-0.2, -0.15) is 5.10 Å². The third-order valence-electron chi connectivity index (χ3n) is 7.56. The Kier molecular flexibility index (Phi) is 7.32. The zero-order valence-corrected chi connectivity index (χ0v) is 23.9. The zero-order valence-electron chi connectivity index (χ0n) is 23.0. The van der Waals surface area contributed by atoms with Crippen molar-refractivity contribution in [2.24, 2.45) is 0 Å². The third kappa shape index (κ3) is 5.35. The van der Waals surface area contributed by atoms with Crippen LogP contribution < -0.4 is 5.32 Å². The van der Waals surface area contributed by atoms with E-state index in [4.69, 9.17) is 0 Å². The lowest BCUT2D eigenvalue weighted by Crippen LogP contribution is -2.34. The molecule has 1 amide bonds. The maximum absolute atomic E-state index is 12.9. The second kappa shape index (κ2) is 11.2. The molecule has 8 nitrogen and oxygen atoms in total. The lowest BCUT2D eigenvalue weighted by molar-refractivity contribution is -0.126. The van der Waals surface area contributed by atoms with Gasteiger partial charge in [0.25, 0.3) is 0 Å². The molecule has 9 heteroatoms. The second-order valence-electron chi connectivity index (χ2n) is 10.5. The molecule has 0 bridgehead atoms. The Hall–Kier alpha value is -4.08. The molecule has 1 N–H and O–H groups in total. The number of benzene rings is 2. The summed E-state index contributed by atoms with van der Waals surface area (Å²) in [6.45, 7) is 7.07. The van der Waals surface area contributed by atoms with Gasteiger partial charge in [-0.15, -0.1) is 11.3 Å². The number of hydrogen-bond donors (Lipinski definition) is 1. The number of likely N-dealkylation sites (N-methyl/N-ethyl adjacent to an activating group) is 1. The molecule has 0 unspecified atom stereocenters. The van der Waals surface area contributed by atoms with E-state index in [1.54, 1.807) is 23.7 Å². The van der Waals surface area contributed by atoms with Gasteiger partial charge in [-0.1, -0.05) is 36.4 Å². The van der Waals surface area contributed by atoms with Crippen molar-refractivity contribution in [3.05, 3.63) is 89.2 Å². The topological polar surface area (TPSA) is 79.2 Å². The first-order chi connectivity index (χ1) is 19.5. The van der Waals surface area contributed by atoms with Crippen molar-refractivity contribution >= 4 is 49.9 Å². The Balaban J connectivity index is 1.20. The van der Waals surface area contributed by atoms with Crippen molar-refractivity contribution in [1.82, 2.24) is 29.5 Å². The molecule has 1 aliphatic rings. The molecule has 0 aliphatic carbocycles. The van der Waals surface area contributed by atoms with E-state index < -0.39 is 0 Å². The van der Waals surface area contributed by atoms with Crippen molar-refractivity contribution in [1.29, 1.82) is 0 Å². The number of carbonyl (C=O) groups excluding carboxylic acids is 1. The maximum atomic E-state index is 12.9. The molecule has 0 spiro atoms. The van der Waals surface area contributed by atoms with Crippen LogP contribution in [-0.2, 0) is 24.3 Å². The molecule has 4 heterocycles. The van der Waals surface area contributed by atoms with Crippen molar-refractivity contribution in [2.75, 3.05) is 25.5 Å². The minimum atomic E-state index is 0.0609. The van der Waals surface area contributed by atoms with Gasteiger partial charge < -0.3 is 15.1 Å². The molecule has 1 aliphatic heterocycles. The molecule has 3 aromatic heterocycles. The predicted molar refractivity (Wildman–Crippen MR) is 162 cm³/mol. The number of amides is 1. The van der Waals surface area contributed by atoms with E-state index in [1.807, 2.05) is 27.9 Å². The highest BCUT2D eigenvalue weighted by molar-refractivity contribution is 7.19. The molecule has 6 rings (SSSR count). The molecule has 5 aromatic rings. The van der Waals surface area contributed by atoms with Crippen LogP contribution in [0, 0.1) is 0 Å². The largest absolute Gasteiger partial charge is 0.340 e. The Morgan fingerprint density at radius 3 is 2.85 bits per heavy atom. The lowest BCUT2D eigenvalue weighted by atomic mass is 10.0. The summed E-state index contributed by atoms with van der Waals surface area (Å²) in [4.78, 5) is 28.3. The Bertz CT molecular complexity index is 1690. The highest BCUT2D eigenvalue weighted by atomic mass is 32.1. The van der Waals surface area contributed by atoms with Crippen LogP contribution in [0.25, 0.3) is 21.1 Å². The van der Waals surface area contributed by atoms with Gasteiger partial charge in [0.15, 0.2) is 0 Å². The fourth-order valence-corrected chi connectivity index (χ4v) is 6.23. The zero-order chi connectivity index (χ0) is 27.6. The average Bonchev–Trinajstić information content (AvgIpc) is 3.54. The lowest BCUT2D eigenvalue weighted by Gasteiger charge is -2.26. The van der Waals surface area contributed by atoms with E-state index in [0.29, 0.717) is 19.1 Å².